The number of carbonyl (C=O) groups is 1. The number of halogens is 1. The molecule has 6 nitrogen and oxygen atoms in total. The Morgan fingerprint density at radius 2 is 1.71 bits per heavy atom. The number of carbonyl (C=O) groups excluding carboxylic acids is 1. The smallest absolute Gasteiger partial charge is 0.268 e. The van der Waals surface area contributed by atoms with Gasteiger partial charge in [0.15, 0.2) is 0 Å². The van der Waals surface area contributed by atoms with E-state index in [4.69, 9.17) is 16.3 Å². The van der Waals surface area contributed by atoms with E-state index in [0.29, 0.717) is 16.4 Å². The number of para-hydroxylation sites is 1. The minimum Gasteiger partial charge on any atom is -0.495 e. The van der Waals surface area contributed by atoms with E-state index < -0.39 is 22.5 Å². The zero-order valence-corrected chi connectivity index (χ0v) is 19.0. The van der Waals surface area contributed by atoms with Gasteiger partial charge in [0.1, 0.15) is 17.2 Å². The van der Waals surface area contributed by atoms with Crippen LogP contribution in [-0.2, 0) is 14.8 Å². The number of sulfonamides is 1. The Kier molecular flexibility index (Phi) is 6.87. The van der Waals surface area contributed by atoms with Crippen molar-refractivity contribution in [3.63, 3.8) is 0 Å². The van der Waals surface area contributed by atoms with Gasteiger partial charge in [0.25, 0.3) is 10.0 Å². The van der Waals surface area contributed by atoms with Crippen LogP contribution in [0, 0.1) is 13.8 Å². The molecule has 0 aliphatic carbocycles. The number of nitrogens with one attached hydrogen (secondary N) is 1. The fraction of sp³-hybridized carbons (Fsp3) is 0.174. The van der Waals surface area contributed by atoms with Gasteiger partial charge >= 0.3 is 0 Å². The zero-order valence-electron chi connectivity index (χ0n) is 17.4. The standard InChI is InChI=1S/C23H23ClN2O4S/c1-16-8-13-21(30-3)22(14-16)31(28,29)26(19-11-9-18(24)10-12-19)15-23(27)25-20-7-5-4-6-17(20)2/h4-14H,15H2,1-3H3,(H,25,27). The van der Waals surface area contributed by atoms with Crippen LogP contribution in [0.2, 0.25) is 5.02 Å². The topological polar surface area (TPSA) is 75.7 Å². The molecule has 3 aromatic rings. The highest BCUT2D eigenvalue weighted by atomic mass is 35.5. The van der Waals surface area contributed by atoms with Crippen LogP contribution in [0.3, 0.4) is 0 Å². The van der Waals surface area contributed by atoms with Crippen molar-refractivity contribution in [3.8, 4) is 5.75 Å². The molecule has 0 fully saturated rings. The highest BCUT2D eigenvalue weighted by molar-refractivity contribution is 7.93. The Hall–Kier alpha value is -3.03. The van der Waals surface area contributed by atoms with Crippen LogP contribution in [0.5, 0.6) is 5.75 Å². The van der Waals surface area contributed by atoms with Crippen molar-refractivity contribution in [3.05, 3.63) is 82.9 Å². The van der Waals surface area contributed by atoms with Crippen LogP contribution in [0.4, 0.5) is 11.4 Å². The van der Waals surface area contributed by atoms with Gasteiger partial charge in [-0.3, -0.25) is 9.10 Å². The quantitative estimate of drug-likeness (QED) is 0.551. The fourth-order valence-corrected chi connectivity index (χ4v) is 4.85. The number of rotatable bonds is 7. The molecule has 0 radical (unpaired) electrons. The third-order valence-electron chi connectivity index (χ3n) is 4.71. The van der Waals surface area contributed by atoms with E-state index in [2.05, 4.69) is 5.32 Å². The van der Waals surface area contributed by atoms with Crippen molar-refractivity contribution in [2.75, 3.05) is 23.3 Å². The summed E-state index contributed by atoms with van der Waals surface area (Å²) in [5.41, 5.74) is 2.55. The second kappa shape index (κ2) is 9.41. The average Bonchev–Trinajstić information content (AvgIpc) is 2.74. The fourth-order valence-electron chi connectivity index (χ4n) is 3.06. The molecule has 1 amide bonds. The van der Waals surface area contributed by atoms with Crippen molar-refractivity contribution in [1.82, 2.24) is 0 Å². The number of hydrogen-bond donors (Lipinski definition) is 1. The zero-order chi connectivity index (χ0) is 22.6. The average molecular weight is 459 g/mol. The van der Waals surface area contributed by atoms with E-state index >= 15 is 0 Å². The molecule has 0 spiro atoms. The molecule has 1 N–H and O–H groups in total. The van der Waals surface area contributed by atoms with Gasteiger partial charge < -0.3 is 10.1 Å². The number of methoxy groups -OCH3 is 1. The number of aryl methyl sites for hydroxylation is 2. The molecule has 0 saturated heterocycles. The molecule has 3 rings (SSSR count). The molecule has 0 aliphatic heterocycles. The summed E-state index contributed by atoms with van der Waals surface area (Å²) in [7, 11) is -2.72. The van der Waals surface area contributed by atoms with Crippen LogP contribution in [-0.4, -0.2) is 28.0 Å². The van der Waals surface area contributed by atoms with Crippen LogP contribution >= 0.6 is 11.6 Å². The molecule has 0 heterocycles. The number of ether oxygens (including phenoxy) is 1. The Bertz CT molecular complexity index is 1190. The number of nitrogens with zero attached hydrogens (tertiary/aromatic N) is 1. The molecular weight excluding hydrogens is 436 g/mol. The number of anilines is 2. The predicted octanol–water partition coefficient (Wildman–Crippen LogP) is 4.80. The molecule has 0 unspecified atom stereocenters. The predicted molar refractivity (Wildman–Crippen MR) is 124 cm³/mol. The minimum absolute atomic E-state index is 0.0198. The van der Waals surface area contributed by atoms with Gasteiger partial charge in [0.2, 0.25) is 5.91 Å². The maximum atomic E-state index is 13.6. The second-order valence-corrected chi connectivity index (χ2v) is 9.27. The van der Waals surface area contributed by atoms with Crippen molar-refractivity contribution in [2.45, 2.75) is 18.7 Å². The van der Waals surface area contributed by atoms with Gasteiger partial charge in [-0.25, -0.2) is 8.42 Å². The highest BCUT2D eigenvalue weighted by Gasteiger charge is 2.30. The van der Waals surface area contributed by atoms with E-state index in [1.54, 1.807) is 55.5 Å². The first-order valence-corrected chi connectivity index (χ1v) is 11.3. The SMILES string of the molecule is COc1ccc(C)cc1S(=O)(=O)N(CC(=O)Nc1ccccc1C)c1ccc(Cl)cc1. The summed E-state index contributed by atoms with van der Waals surface area (Å²) < 4.78 is 33.6. The Morgan fingerprint density at radius 3 is 2.35 bits per heavy atom. The van der Waals surface area contributed by atoms with Crippen molar-refractivity contribution in [1.29, 1.82) is 0 Å². The van der Waals surface area contributed by atoms with Gasteiger partial charge in [0.05, 0.1) is 12.8 Å². The van der Waals surface area contributed by atoms with Crippen LogP contribution in [0.25, 0.3) is 0 Å². The molecular formula is C23H23ClN2O4S. The molecule has 31 heavy (non-hydrogen) atoms. The Labute approximate surface area is 187 Å². The molecule has 0 saturated carbocycles. The van der Waals surface area contributed by atoms with E-state index in [-0.39, 0.29) is 10.6 Å². The minimum atomic E-state index is -4.13. The summed E-state index contributed by atoms with van der Waals surface area (Å²) in [4.78, 5) is 12.8. The van der Waals surface area contributed by atoms with E-state index in [0.717, 1.165) is 15.4 Å². The molecule has 8 heteroatoms. The van der Waals surface area contributed by atoms with Crippen molar-refractivity contribution >= 4 is 38.9 Å². The van der Waals surface area contributed by atoms with Gasteiger partial charge in [-0.1, -0.05) is 35.9 Å². The Morgan fingerprint density at radius 1 is 1.03 bits per heavy atom. The molecule has 3 aromatic carbocycles. The first kappa shape index (κ1) is 22.7. The molecule has 162 valence electrons. The summed E-state index contributed by atoms with van der Waals surface area (Å²) in [5, 5.41) is 3.24. The molecule has 0 aliphatic rings. The van der Waals surface area contributed by atoms with Gasteiger partial charge in [0, 0.05) is 10.7 Å². The van der Waals surface area contributed by atoms with Crippen molar-refractivity contribution < 1.29 is 17.9 Å². The largest absolute Gasteiger partial charge is 0.495 e. The number of benzene rings is 3. The first-order chi connectivity index (χ1) is 14.7. The number of hydrogen-bond acceptors (Lipinski definition) is 4. The summed E-state index contributed by atoms with van der Waals surface area (Å²) in [6.07, 6.45) is 0. The number of amides is 1. The lowest BCUT2D eigenvalue weighted by Gasteiger charge is -2.25. The Balaban J connectivity index is 2.03. The molecule has 0 aromatic heterocycles. The van der Waals surface area contributed by atoms with E-state index in [1.807, 2.05) is 19.1 Å². The van der Waals surface area contributed by atoms with E-state index in [1.165, 1.54) is 13.2 Å². The van der Waals surface area contributed by atoms with Gasteiger partial charge in [-0.2, -0.15) is 0 Å². The van der Waals surface area contributed by atoms with Crippen LogP contribution in [0.1, 0.15) is 11.1 Å². The summed E-state index contributed by atoms with van der Waals surface area (Å²) in [6.45, 7) is 3.23. The molecule has 0 bridgehead atoms. The lowest BCUT2D eigenvalue weighted by molar-refractivity contribution is -0.114. The third-order valence-corrected chi connectivity index (χ3v) is 6.76. The highest BCUT2D eigenvalue weighted by Crippen LogP contribution is 2.31. The first-order valence-electron chi connectivity index (χ1n) is 9.51. The lowest BCUT2D eigenvalue weighted by atomic mass is 10.2. The lowest BCUT2D eigenvalue weighted by Crippen LogP contribution is -2.38. The van der Waals surface area contributed by atoms with Crippen LogP contribution < -0.4 is 14.4 Å². The maximum absolute atomic E-state index is 13.6. The molecule has 0 atom stereocenters. The third kappa shape index (κ3) is 5.18. The summed E-state index contributed by atoms with van der Waals surface area (Å²) in [5.74, 6) is -0.275. The van der Waals surface area contributed by atoms with Crippen molar-refractivity contribution in [2.24, 2.45) is 0 Å². The maximum Gasteiger partial charge on any atom is 0.268 e. The normalized spacial score (nSPS) is 11.1. The summed E-state index contributed by atoms with van der Waals surface area (Å²) >= 11 is 5.98. The van der Waals surface area contributed by atoms with E-state index in [9.17, 15) is 13.2 Å². The monoisotopic (exact) mass is 458 g/mol. The van der Waals surface area contributed by atoms with Crippen LogP contribution in [0.15, 0.2) is 71.6 Å². The van der Waals surface area contributed by atoms with Gasteiger partial charge in [-0.15, -0.1) is 0 Å². The second-order valence-electron chi connectivity index (χ2n) is 7.01. The summed E-state index contributed by atoms with van der Waals surface area (Å²) in [6, 6.07) is 18.4. The van der Waals surface area contributed by atoms with Gasteiger partial charge in [-0.05, 0) is 67.4 Å².